The summed E-state index contributed by atoms with van der Waals surface area (Å²) < 4.78 is 0. The highest BCUT2D eigenvalue weighted by molar-refractivity contribution is 6.35. The molecule has 1 fully saturated rings. The molecular weight excluding hydrogens is 261 g/mol. The van der Waals surface area contributed by atoms with E-state index in [1.807, 2.05) is 0 Å². The number of halogens is 2. The third-order valence-electron chi connectivity index (χ3n) is 2.96. The molecule has 0 bridgehead atoms. The lowest BCUT2D eigenvalue weighted by molar-refractivity contribution is 0.0677. The van der Waals surface area contributed by atoms with E-state index < -0.39 is 0 Å². The Morgan fingerprint density at radius 3 is 2.59 bits per heavy atom. The molecule has 1 heterocycles. The van der Waals surface area contributed by atoms with Crippen molar-refractivity contribution in [2.24, 2.45) is 0 Å². The summed E-state index contributed by atoms with van der Waals surface area (Å²) >= 11 is 11.7. The van der Waals surface area contributed by atoms with E-state index in [0.717, 1.165) is 12.8 Å². The Labute approximate surface area is 110 Å². The lowest BCUT2D eigenvalue weighted by Crippen LogP contribution is -2.37. The molecule has 2 rings (SSSR count). The highest BCUT2D eigenvalue weighted by Crippen LogP contribution is 2.24. The highest BCUT2D eigenvalue weighted by Gasteiger charge is 2.28. The molecule has 1 aromatic rings. The first-order chi connectivity index (χ1) is 8.11. The van der Waals surface area contributed by atoms with Crippen molar-refractivity contribution in [3.63, 3.8) is 0 Å². The molecule has 1 atom stereocenters. The number of rotatable bonds is 2. The van der Waals surface area contributed by atoms with E-state index in [9.17, 15) is 9.90 Å². The van der Waals surface area contributed by atoms with Crippen LogP contribution in [0, 0.1) is 0 Å². The van der Waals surface area contributed by atoms with Crippen LogP contribution in [0.5, 0.6) is 0 Å². The summed E-state index contributed by atoms with van der Waals surface area (Å²) in [6.45, 7) is 0.675. The van der Waals surface area contributed by atoms with Gasteiger partial charge in [-0.05, 0) is 31.0 Å². The third-order valence-corrected chi connectivity index (χ3v) is 3.39. The largest absolute Gasteiger partial charge is 0.394 e. The van der Waals surface area contributed by atoms with Gasteiger partial charge in [0.2, 0.25) is 0 Å². The van der Waals surface area contributed by atoms with Crippen LogP contribution in [-0.2, 0) is 0 Å². The first-order valence-electron chi connectivity index (χ1n) is 5.49. The molecule has 1 saturated heterocycles. The number of hydrogen-bond acceptors (Lipinski definition) is 2. The fourth-order valence-electron chi connectivity index (χ4n) is 2.14. The van der Waals surface area contributed by atoms with Crippen molar-refractivity contribution in [2.75, 3.05) is 13.2 Å². The van der Waals surface area contributed by atoms with Crippen LogP contribution in [0.15, 0.2) is 18.2 Å². The van der Waals surface area contributed by atoms with Gasteiger partial charge < -0.3 is 10.0 Å². The summed E-state index contributed by atoms with van der Waals surface area (Å²) in [4.78, 5) is 13.9. The second-order valence-electron chi connectivity index (χ2n) is 4.14. The van der Waals surface area contributed by atoms with Gasteiger partial charge in [-0.1, -0.05) is 23.2 Å². The number of nitrogens with zero attached hydrogens (tertiary/aromatic N) is 1. The number of benzene rings is 1. The average molecular weight is 274 g/mol. The second-order valence-corrected chi connectivity index (χ2v) is 5.01. The predicted molar refractivity (Wildman–Crippen MR) is 67.6 cm³/mol. The quantitative estimate of drug-likeness (QED) is 0.900. The van der Waals surface area contributed by atoms with Crippen LogP contribution in [0.25, 0.3) is 0 Å². The number of aliphatic hydroxyl groups excluding tert-OH is 1. The van der Waals surface area contributed by atoms with Gasteiger partial charge in [-0.2, -0.15) is 0 Å². The maximum Gasteiger partial charge on any atom is 0.254 e. The first-order valence-corrected chi connectivity index (χ1v) is 6.25. The number of aliphatic hydroxyl groups is 1. The smallest absolute Gasteiger partial charge is 0.254 e. The maximum atomic E-state index is 12.2. The molecule has 1 aliphatic rings. The lowest BCUT2D eigenvalue weighted by Gasteiger charge is -2.23. The Hall–Kier alpha value is -0.770. The summed E-state index contributed by atoms with van der Waals surface area (Å²) in [5.41, 5.74) is 0.475. The average Bonchev–Trinajstić information content (AvgIpc) is 2.74. The zero-order chi connectivity index (χ0) is 12.4. The lowest BCUT2D eigenvalue weighted by atomic mass is 10.1. The van der Waals surface area contributed by atoms with E-state index in [2.05, 4.69) is 0 Å². The normalized spacial score (nSPS) is 19.7. The summed E-state index contributed by atoms with van der Waals surface area (Å²) in [6.07, 6.45) is 1.77. The van der Waals surface area contributed by atoms with Gasteiger partial charge in [0.05, 0.1) is 12.6 Å². The predicted octanol–water partition coefficient (Wildman–Crippen LogP) is 2.59. The van der Waals surface area contributed by atoms with Gasteiger partial charge in [-0.25, -0.2) is 0 Å². The molecular formula is C12H13Cl2NO2. The van der Waals surface area contributed by atoms with Crippen molar-refractivity contribution < 1.29 is 9.90 Å². The highest BCUT2D eigenvalue weighted by atomic mass is 35.5. The standard InChI is InChI=1S/C12H13Cl2NO2/c13-9-4-8(5-10(14)6-9)12(17)15-3-1-2-11(15)7-16/h4-6,11,16H,1-3,7H2/t11-/m0/s1. The molecule has 0 saturated carbocycles. The molecule has 0 unspecified atom stereocenters. The van der Waals surface area contributed by atoms with Gasteiger partial charge in [-0.15, -0.1) is 0 Å². The van der Waals surface area contributed by atoms with Crippen molar-refractivity contribution in [1.82, 2.24) is 4.90 Å². The minimum atomic E-state index is -0.119. The van der Waals surface area contributed by atoms with E-state index in [-0.39, 0.29) is 18.6 Å². The zero-order valence-corrected chi connectivity index (χ0v) is 10.7. The van der Waals surface area contributed by atoms with Crippen molar-refractivity contribution in [3.8, 4) is 0 Å². The third kappa shape index (κ3) is 2.73. The van der Waals surface area contributed by atoms with Crippen molar-refractivity contribution in [2.45, 2.75) is 18.9 Å². The first kappa shape index (κ1) is 12.7. The van der Waals surface area contributed by atoms with Gasteiger partial charge in [-0.3, -0.25) is 4.79 Å². The van der Waals surface area contributed by atoms with Gasteiger partial charge >= 0.3 is 0 Å². The molecule has 3 nitrogen and oxygen atoms in total. The SMILES string of the molecule is O=C(c1cc(Cl)cc(Cl)c1)N1CCC[C@H]1CO. The number of hydrogen-bond donors (Lipinski definition) is 1. The fourth-order valence-corrected chi connectivity index (χ4v) is 2.66. The zero-order valence-electron chi connectivity index (χ0n) is 9.20. The molecule has 5 heteroatoms. The summed E-state index contributed by atoms with van der Waals surface area (Å²) in [6, 6.07) is 4.71. The number of likely N-dealkylation sites (tertiary alicyclic amines) is 1. The van der Waals surface area contributed by atoms with Crippen LogP contribution < -0.4 is 0 Å². The van der Waals surface area contributed by atoms with Gasteiger partial charge in [0.25, 0.3) is 5.91 Å². The summed E-state index contributed by atoms with van der Waals surface area (Å²) in [5, 5.41) is 10.1. The Balaban J connectivity index is 2.24. The van der Waals surface area contributed by atoms with Crippen molar-refractivity contribution in [3.05, 3.63) is 33.8 Å². The molecule has 1 N–H and O–H groups in total. The van der Waals surface area contributed by atoms with Crippen LogP contribution in [-0.4, -0.2) is 35.1 Å². The van der Waals surface area contributed by atoms with E-state index in [4.69, 9.17) is 23.2 Å². The van der Waals surface area contributed by atoms with Crippen molar-refractivity contribution >= 4 is 29.1 Å². The van der Waals surface area contributed by atoms with E-state index >= 15 is 0 Å². The molecule has 1 amide bonds. The van der Waals surface area contributed by atoms with Crippen LogP contribution in [0.3, 0.4) is 0 Å². The minimum absolute atomic E-state index is 0.0000376. The van der Waals surface area contributed by atoms with Crippen LogP contribution in [0.2, 0.25) is 10.0 Å². The Morgan fingerprint density at radius 2 is 2.00 bits per heavy atom. The number of carbonyl (C=O) groups excluding carboxylic acids is 1. The fraction of sp³-hybridized carbons (Fsp3) is 0.417. The monoisotopic (exact) mass is 273 g/mol. The maximum absolute atomic E-state index is 12.2. The Morgan fingerprint density at radius 1 is 1.35 bits per heavy atom. The molecule has 92 valence electrons. The molecule has 0 radical (unpaired) electrons. The molecule has 1 aliphatic heterocycles. The van der Waals surface area contributed by atoms with E-state index in [1.54, 1.807) is 23.1 Å². The van der Waals surface area contributed by atoms with Gasteiger partial charge in [0, 0.05) is 22.2 Å². The second kappa shape index (κ2) is 5.25. The van der Waals surface area contributed by atoms with Crippen LogP contribution in [0.4, 0.5) is 0 Å². The van der Waals surface area contributed by atoms with Gasteiger partial charge in [0.15, 0.2) is 0 Å². The van der Waals surface area contributed by atoms with E-state index in [0.29, 0.717) is 22.2 Å². The molecule has 0 aliphatic carbocycles. The number of amides is 1. The van der Waals surface area contributed by atoms with Crippen LogP contribution in [0.1, 0.15) is 23.2 Å². The molecule has 0 aromatic heterocycles. The number of carbonyl (C=O) groups is 1. The molecule has 1 aromatic carbocycles. The summed E-state index contributed by atoms with van der Waals surface area (Å²) in [7, 11) is 0. The van der Waals surface area contributed by atoms with Crippen LogP contribution >= 0.6 is 23.2 Å². The van der Waals surface area contributed by atoms with Crippen molar-refractivity contribution in [1.29, 1.82) is 0 Å². The molecule has 0 spiro atoms. The van der Waals surface area contributed by atoms with E-state index in [1.165, 1.54) is 0 Å². The summed E-state index contributed by atoms with van der Waals surface area (Å²) in [5.74, 6) is -0.119. The minimum Gasteiger partial charge on any atom is -0.394 e. The Bertz CT molecular complexity index is 416. The Kier molecular flexibility index (Phi) is 3.92. The molecule has 17 heavy (non-hydrogen) atoms. The van der Waals surface area contributed by atoms with Gasteiger partial charge in [0.1, 0.15) is 0 Å². The topological polar surface area (TPSA) is 40.5 Å².